The Morgan fingerprint density at radius 3 is 3.05 bits per heavy atom. The first-order valence-corrected chi connectivity index (χ1v) is 6.97. The van der Waals surface area contributed by atoms with Gasteiger partial charge in [-0.3, -0.25) is 4.79 Å². The summed E-state index contributed by atoms with van der Waals surface area (Å²) in [7, 11) is 0. The number of ether oxygens (including phenoxy) is 2. The molecule has 0 aromatic heterocycles. The summed E-state index contributed by atoms with van der Waals surface area (Å²) in [6, 6.07) is 7.62. The standard InChI is InChI=1S/C15H22N2O3.ClH/c1-11-4-3-5-13(8-11)20-12(2)9-17-15(18)14-10-19-7-6-16-14;/h3-5,8,12,14,16H,6-7,9-10H2,1-2H3,(H,17,18);1H. The lowest BCUT2D eigenvalue weighted by Crippen LogP contribution is -2.52. The molecule has 0 bridgehead atoms. The summed E-state index contributed by atoms with van der Waals surface area (Å²) >= 11 is 0. The molecule has 118 valence electrons. The lowest BCUT2D eigenvalue weighted by atomic mass is 10.2. The fraction of sp³-hybridized carbons (Fsp3) is 0.533. The Bertz CT molecular complexity index is 450. The Kier molecular flexibility index (Phi) is 7.50. The zero-order chi connectivity index (χ0) is 14.4. The van der Waals surface area contributed by atoms with Crippen LogP contribution in [0.4, 0.5) is 0 Å². The van der Waals surface area contributed by atoms with Gasteiger partial charge in [-0.15, -0.1) is 12.4 Å². The third-order valence-corrected chi connectivity index (χ3v) is 3.13. The highest BCUT2D eigenvalue weighted by Gasteiger charge is 2.21. The van der Waals surface area contributed by atoms with Crippen LogP contribution in [-0.4, -0.2) is 44.4 Å². The van der Waals surface area contributed by atoms with Crippen molar-refractivity contribution in [2.24, 2.45) is 0 Å². The number of carbonyl (C=O) groups excluding carboxylic acids is 1. The fourth-order valence-electron chi connectivity index (χ4n) is 2.06. The average Bonchev–Trinajstić information content (AvgIpc) is 2.46. The predicted molar refractivity (Wildman–Crippen MR) is 84.1 cm³/mol. The van der Waals surface area contributed by atoms with Gasteiger partial charge in [0.05, 0.1) is 19.8 Å². The Morgan fingerprint density at radius 1 is 1.57 bits per heavy atom. The van der Waals surface area contributed by atoms with Gasteiger partial charge >= 0.3 is 0 Å². The van der Waals surface area contributed by atoms with Gasteiger partial charge in [0.15, 0.2) is 0 Å². The summed E-state index contributed by atoms with van der Waals surface area (Å²) < 4.78 is 11.0. The van der Waals surface area contributed by atoms with Crippen LogP contribution in [0.5, 0.6) is 5.75 Å². The maximum Gasteiger partial charge on any atom is 0.239 e. The largest absolute Gasteiger partial charge is 0.489 e. The van der Waals surface area contributed by atoms with Crippen LogP contribution < -0.4 is 15.4 Å². The third kappa shape index (κ3) is 5.91. The molecule has 5 nitrogen and oxygen atoms in total. The first kappa shape index (κ1) is 17.8. The highest BCUT2D eigenvalue weighted by Crippen LogP contribution is 2.13. The molecule has 1 aromatic rings. The van der Waals surface area contributed by atoms with Gasteiger partial charge in [-0.05, 0) is 31.5 Å². The van der Waals surface area contributed by atoms with E-state index < -0.39 is 0 Å². The van der Waals surface area contributed by atoms with Crippen LogP contribution in [0.15, 0.2) is 24.3 Å². The minimum Gasteiger partial charge on any atom is -0.489 e. The van der Waals surface area contributed by atoms with Crippen LogP contribution in [0.2, 0.25) is 0 Å². The van der Waals surface area contributed by atoms with Gasteiger partial charge in [0, 0.05) is 6.54 Å². The second-order valence-corrected chi connectivity index (χ2v) is 5.07. The molecule has 0 saturated carbocycles. The van der Waals surface area contributed by atoms with Crippen LogP contribution in [0.3, 0.4) is 0 Å². The third-order valence-electron chi connectivity index (χ3n) is 3.13. The lowest BCUT2D eigenvalue weighted by molar-refractivity contribution is -0.126. The number of hydrogen-bond donors (Lipinski definition) is 2. The van der Waals surface area contributed by atoms with E-state index in [9.17, 15) is 4.79 Å². The monoisotopic (exact) mass is 314 g/mol. The molecule has 6 heteroatoms. The minimum absolute atomic E-state index is 0. The molecule has 1 amide bonds. The Balaban J connectivity index is 0.00000220. The summed E-state index contributed by atoms with van der Waals surface area (Å²) in [4.78, 5) is 11.9. The van der Waals surface area contributed by atoms with Crippen LogP contribution in [0, 0.1) is 6.92 Å². The molecule has 2 atom stereocenters. The molecule has 0 spiro atoms. The lowest BCUT2D eigenvalue weighted by Gasteiger charge is -2.24. The van der Waals surface area contributed by atoms with Crippen LogP contribution in [0.1, 0.15) is 12.5 Å². The minimum atomic E-state index is -0.255. The van der Waals surface area contributed by atoms with Crippen molar-refractivity contribution in [3.05, 3.63) is 29.8 Å². The topological polar surface area (TPSA) is 59.6 Å². The van der Waals surface area contributed by atoms with Crippen molar-refractivity contribution in [1.82, 2.24) is 10.6 Å². The molecule has 1 aliphatic rings. The zero-order valence-corrected chi connectivity index (χ0v) is 13.2. The fourth-order valence-corrected chi connectivity index (χ4v) is 2.06. The van der Waals surface area contributed by atoms with Crippen LogP contribution in [0.25, 0.3) is 0 Å². The Labute approximate surface area is 131 Å². The molecule has 1 aliphatic heterocycles. The van der Waals surface area contributed by atoms with Gasteiger partial charge in [0.25, 0.3) is 0 Å². The van der Waals surface area contributed by atoms with Crippen molar-refractivity contribution in [2.75, 3.05) is 26.3 Å². The summed E-state index contributed by atoms with van der Waals surface area (Å²) in [5.74, 6) is 0.787. The number of morpholine rings is 1. The Hall–Kier alpha value is -1.30. The van der Waals surface area contributed by atoms with Crippen molar-refractivity contribution in [3.63, 3.8) is 0 Å². The smallest absolute Gasteiger partial charge is 0.239 e. The number of rotatable bonds is 5. The molecule has 2 unspecified atom stereocenters. The summed E-state index contributed by atoms with van der Waals surface area (Å²) in [5, 5.41) is 6.00. The van der Waals surface area contributed by atoms with Gasteiger partial charge in [-0.1, -0.05) is 12.1 Å². The molecule has 2 N–H and O–H groups in total. The van der Waals surface area contributed by atoms with Gasteiger partial charge in [0.1, 0.15) is 17.9 Å². The molecule has 0 aliphatic carbocycles. The maximum absolute atomic E-state index is 11.9. The van der Waals surface area contributed by atoms with E-state index in [1.165, 1.54) is 0 Å². The Morgan fingerprint density at radius 2 is 2.38 bits per heavy atom. The average molecular weight is 315 g/mol. The second kappa shape index (κ2) is 8.87. The van der Waals surface area contributed by atoms with E-state index >= 15 is 0 Å². The maximum atomic E-state index is 11.9. The molecule has 21 heavy (non-hydrogen) atoms. The van der Waals surface area contributed by atoms with Crippen LogP contribution in [-0.2, 0) is 9.53 Å². The van der Waals surface area contributed by atoms with E-state index in [2.05, 4.69) is 10.6 Å². The molecule has 1 saturated heterocycles. The van der Waals surface area contributed by atoms with E-state index in [1.54, 1.807) is 0 Å². The predicted octanol–water partition coefficient (Wildman–Crippen LogP) is 1.29. The quantitative estimate of drug-likeness (QED) is 0.860. The second-order valence-electron chi connectivity index (χ2n) is 5.07. The number of nitrogens with one attached hydrogen (secondary N) is 2. The first-order chi connectivity index (χ1) is 9.65. The molecule has 2 rings (SSSR count). The van der Waals surface area contributed by atoms with Gasteiger partial charge in [0.2, 0.25) is 5.91 Å². The number of benzene rings is 1. The highest BCUT2D eigenvalue weighted by molar-refractivity contribution is 5.85. The summed E-state index contributed by atoms with van der Waals surface area (Å²) in [6.45, 7) is 6.25. The molecule has 1 aromatic carbocycles. The van der Waals surface area contributed by atoms with E-state index in [4.69, 9.17) is 9.47 Å². The van der Waals surface area contributed by atoms with E-state index in [0.717, 1.165) is 11.3 Å². The highest BCUT2D eigenvalue weighted by atomic mass is 35.5. The molecular weight excluding hydrogens is 292 g/mol. The normalized spacial score (nSPS) is 19.2. The van der Waals surface area contributed by atoms with Crippen LogP contribution >= 0.6 is 12.4 Å². The van der Waals surface area contributed by atoms with Gasteiger partial charge in [-0.2, -0.15) is 0 Å². The van der Waals surface area contributed by atoms with Crippen molar-refractivity contribution in [1.29, 1.82) is 0 Å². The van der Waals surface area contributed by atoms with Crippen molar-refractivity contribution in [3.8, 4) is 5.75 Å². The van der Waals surface area contributed by atoms with Crippen molar-refractivity contribution in [2.45, 2.75) is 26.0 Å². The number of aryl methyl sites for hydroxylation is 1. The SMILES string of the molecule is Cc1cccc(OC(C)CNC(=O)C2COCCN2)c1.Cl. The van der Waals surface area contributed by atoms with E-state index in [-0.39, 0.29) is 30.5 Å². The molecule has 1 heterocycles. The summed E-state index contributed by atoms with van der Waals surface area (Å²) in [5.41, 5.74) is 1.15. The molecule has 0 radical (unpaired) electrons. The number of halogens is 1. The van der Waals surface area contributed by atoms with Gasteiger partial charge in [-0.25, -0.2) is 0 Å². The first-order valence-electron chi connectivity index (χ1n) is 6.97. The summed E-state index contributed by atoms with van der Waals surface area (Å²) in [6.07, 6.45) is -0.0785. The van der Waals surface area contributed by atoms with E-state index in [1.807, 2.05) is 38.1 Å². The molecule has 1 fully saturated rings. The number of carbonyl (C=O) groups is 1. The number of amides is 1. The molecular formula is C15H23ClN2O3. The van der Waals surface area contributed by atoms with Crippen molar-refractivity contribution < 1.29 is 14.3 Å². The zero-order valence-electron chi connectivity index (χ0n) is 12.4. The number of hydrogen-bond acceptors (Lipinski definition) is 4. The van der Waals surface area contributed by atoms with Crippen molar-refractivity contribution >= 4 is 18.3 Å². The van der Waals surface area contributed by atoms with E-state index in [0.29, 0.717) is 26.3 Å². The van der Waals surface area contributed by atoms with Gasteiger partial charge < -0.3 is 20.1 Å².